The van der Waals surface area contributed by atoms with Crippen molar-refractivity contribution in [3.8, 4) is 0 Å². The van der Waals surface area contributed by atoms with E-state index in [4.69, 9.17) is 5.11 Å². The van der Waals surface area contributed by atoms with Crippen molar-refractivity contribution < 1.29 is 14.7 Å². The summed E-state index contributed by atoms with van der Waals surface area (Å²) in [4.78, 5) is 23.7. The van der Waals surface area contributed by atoms with Crippen LogP contribution in [0.2, 0.25) is 0 Å². The molecule has 1 unspecified atom stereocenters. The van der Waals surface area contributed by atoms with Gasteiger partial charge in [0.25, 0.3) is 0 Å². The van der Waals surface area contributed by atoms with E-state index in [0.29, 0.717) is 11.8 Å². The van der Waals surface area contributed by atoms with Crippen LogP contribution in [-0.2, 0) is 4.79 Å². The lowest BCUT2D eigenvalue weighted by Crippen LogP contribution is -2.44. The zero-order valence-electron chi connectivity index (χ0n) is 10.4. The zero-order chi connectivity index (χ0) is 13.4. The number of hydrogen-bond donors (Lipinski definition) is 2. The van der Waals surface area contributed by atoms with Crippen molar-refractivity contribution in [3.05, 3.63) is 12.7 Å². The standard InChI is InChI=1S/C12H20N2O3S/c1-2-6-14(9-11(15)16)12(17)13-8-10-5-3-4-7-18-10/h2,10H,1,3-9H2,(H,13,17)(H,15,16). The molecule has 0 aromatic carbocycles. The van der Waals surface area contributed by atoms with Gasteiger partial charge in [0.2, 0.25) is 0 Å². The van der Waals surface area contributed by atoms with Crippen LogP contribution >= 0.6 is 11.8 Å². The molecule has 18 heavy (non-hydrogen) atoms. The molecule has 0 aromatic rings. The highest BCUT2D eigenvalue weighted by Gasteiger charge is 2.18. The molecule has 1 saturated heterocycles. The van der Waals surface area contributed by atoms with Crippen LogP contribution in [0.1, 0.15) is 19.3 Å². The topological polar surface area (TPSA) is 69.6 Å². The van der Waals surface area contributed by atoms with Crippen molar-refractivity contribution in [3.63, 3.8) is 0 Å². The lowest BCUT2D eigenvalue weighted by atomic mass is 10.2. The number of rotatable bonds is 6. The van der Waals surface area contributed by atoms with Crippen molar-refractivity contribution in [2.75, 3.05) is 25.4 Å². The summed E-state index contributed by atoms with van der Waals surface area (Å²) in [6, 6.07) is -0.330. The highest BCUT2D eigenvalue weighted by molar-refractivity contribution is 7.99. The third-order valence-electron chi connectivity index (χ3n) is 2.72. The molecule has 0 spiro atoms. The first kappa shape index (κ1) is 14.9. The van der Waals surface area contributed by atoms with Crippen LogP contribution in [-0.4, -0.2) is 52.6 Å². The summed E-state index contributed by atoms with van der Waals surface area (Å²) >= 11 is 1.87. The van der Waals surface area contributed by atoms with Gasteiger partial charge in [0.15, 0.2) is 0 Å². The van der Waals surface area contributed by atoms with Crippen molar-refractivity contribution >= 4 is 23.8 Å². The molecule has 2 amide bonds. The van der Waals surface area contributed by atoms with Gasteiger partial charge in [-0.3, -0.25) is 4.79 Å². The Bertz CT molecular complexity index is 304. The maximum atomic E-state index is 11.8. The van der Waals surface area contributed by atoms with E-state index >= 15 is 0 Å². The Hall–Kier alpha value is -1.17. The van der Waals surface area contributed by atoms with Crippen LogP contribution < -0.4 is 5.32 Å². The van der Waals surface area contributed by atoms with Gasteiger partial charge in [-0.15, -0.1) is 6.58 Å². The Labute approximate surface area is 112 Å². The van der Waals surface area contributed by atoms with Gasteiger partial charge < -0.3 is 15.3 Å². The summed E-state index contributed by atoms with van der Waals surface area (Å²) in [5, 5.41) is 12.0. The van der Waals surface area contributed by atoms with Gasteiger partial charge in [-0.05, 0) is 18.6 Å². The van der Waals surface area contributed by atoms with E-state index in [-0.39, 0.29) is 19.1 Å². The summed E-state index contributed by atoms with van der Waals surface area (Å²) in [5.41, 5.74) is 0. The SMILES string of the molecule is C=CCN(CC(=O)O)C(=O)NCC1CCCCS1. The Morgan fingerprint density at radius 3 is 2.83 bits per heavy atom. The third-order valence-corrected chi connectivity index (χ3v) is 4.12. The minimum atomic E-state index is -1.01. The maximum Gasteiger partial charge on any atom is 0.323 e. The average molecular weight is 272 g/mol. The highest BCUT2D eigenvalue weighted by atomic mass is 32.2. The predicted octanol–water partition coefficient (Wildman–Crippen LogP) is 1.55. The molecule has 1 rings (SSSR count). The molecular formula is C12H20N2O3S. The molecule has 0 radical (unpaired) electrons. The molecule has 1 atom stereocenters. The fraction of sp³-hybridized carbons (Fsp3) is 0.667. The van der Waals surface area contributed by atoms with Crippen LogP contribution in [0.3, 0.4) is 0 Å². The normalized spacial score (nSPS) is 19.0. The van der Waals surface area contributed by atoms with Crippen molar-refractivity contribution in [2.24, 2.45) is 0 Å². The largest absolute Gasteiger partial charge is 0.480 e. The van der Waals surface area contributed by atoms with Gasteiger partial charge in [0, 0.05) is 18.3 Å². The molecule has 2 N–H and O–H groups in total. The molecule has 0 bridgehead atoms. The maximum absolute atomic E-state index is 11.8. The number of amides is 2. The highest BCUT2D eigenvalue weighted by Crippen LogP contribution is 2.24. The molecule has 6 heteroatoms. The quantitative estimate of drug-likeness (QED) is 0.720. The number of thioether (sulfide) groups is 1. The summed E-state index contributed by atoms with van der Waals surface area (Å²) in [5.74, 6) is 0.130. The molecule has 1 heterocycles. The second kappa shape index (κ2) is 8.02. The molecule has 1 aliphatic heterocycles. The lowest BCUT2D eigenvalue weighted by Gasteiger charge is -2.24. The number of nitrogens with zero attached hydrogens (tertiary/aromatic N) is 1. The van der Waals surface area contributed by atoms with Gasteiger partial charge in [-0.25, -0.2) is 4.79 Å². The van der Waals surface area contributed by atoms with Gasteiger partial charge in [0.05, 0.1) is 0 Å². The average Bonchev–Trinajstić information content (AvgIpc) is 2.36. The Morgan fingerprint density at radius 2 is 2.28 bits per heavy atom. The number of urea groups is 1. The molecule has 1 fully saturated rings. The first-order valence-electron chi connectivity index (χ1n) is 6.10. The second-order valence-electron chi connectivity index (χ2n) is 4.24. The number of carbonyl (C=O) groups excluding carboxylic acids is 1. The molecule has 5 nitrogen and oxygen atoms in total. The molecule has 0 aromatic heterocycles. The van der Waals surface area contributed by atoms with Crippen LogP contribution in [0.4, 0.5) is 4.79 Å². The Balaban J connectivity index is 2.35. The number of carboxylic acid groups (broad SMARTS) is 1. The summed E-state index contributed by atoms with van der Waals surface area (Å²) in [6.45, 7) is 4.08. The fourth-order valence-electron chi connectivity index (χ4n) is 1.82. The number of carboxylic acids is 1. The third kappa shape index (κ3) is 5.44. The predicted molar refractivity (Wildman–Crippen MR) is 72.9 cm³/mol. The smallest absolute Gasteiger partial charge is 0.323 e. The monoisotopic (exact) mass is 272 g/mol. The van der Waals surface area contributed by atoms with E-state index in [0.717, 1.165) is 12.2 Å². The first-order valence-corrected chi connectivity index (χ1v) is 7.15. The van der Waals surface area contributed by atoms with E-state index in [2.05, 4.69) is 11.9 Å². The molecule has 0 saturated carbocycles. The minimum Gasteiger partial charge on any atom is -0.480 e. The lowest BCUT2D eigenvalue weighted by molar-refractivity contribution is -0.137. The van der Waals surface area contributed by atoms with E-state index in [1.807, 2.05) is 11.8 Å². The molecule has 102 valence electrons. The van der Waals surface area contributed by atoms with Crippen LogP contribution in [0.15, 0.2) is 12.7 Å². The van der Waals surface area contributed by atoms with Gasteiger partial charge in [0.1, 0.15) is 6.54 Å². The van der Waals surface area contributed by atoms with E-state index in [1.165, 1.54) is 23.8 Å². The Morgan fingerprint density at radius 1 is 1.50 bits per heavy atom. The van der Waals surface area contributed by atoms with E-state index in [1.54, 1.807) is 0 Å². The molecule has 0 aliphatic carbocycles. The summed E-state index contributed by atoms with van der Waals surface area (Å²) in [6.07, 6.45) is 5.10. The van der Waals surface area contributed by atoms with Gasteiger partial charge in [-0.2, -0.15) is 11.8 Å². The van der Waals surface area contributed by atoms with Crippen LogP contribution in [0.25, 0.3) is 0 Å². The first-order chi connectivity index (χ1) is 8.63. The number of nitrogens with one attached hydrogen (secondary N) is 1. The van der Waals surface area contributed by atoms with Crippen LogP contribution in [0, 0.1) is 0 Å². The van der Waals surface area contributed by atoms with E-state index in [9.17, 15) is 9.59 Å². The zero-order valence-corrected chi connectivity index (χ0v) is 11.2. The van der Waals surface area contributed by atoms with Crippen molar-refractivity contribution in [1.82, 2.24) is 10.2 Å². The van der Waals surface area contributed by atoms with Crippen molar-refractivity contribution in [2.45, 2.75) is 24.5 Å². The second-order valence-corrected chi connectivity index (χ2v) is 5.65. The van der Waals surface area contributed by atoms with E-state index < -0.39 is 5.97 Å². The Kier molecular flexibility index (Phi) is 6.64. The molecular weight excluding hydrogens is 252 g/mol. The summed E-state index contributed by atoms with van der Waals surface area (Å²) in [7, 11) is 0. The minimum absolute atomic E-state index is 0.246. The van der Waals surface area contributed by atoms with Crippen LogP contribution in [0.5, 0.6) is 0 Å². The summed E-state index contributed by atoms with van der Waals surface area (Å²) < 4.78 is 0. The number of hydrogen-bond acceptors (Lipinski definition) is 3. The number of aliphatic carboxylic acids is 1. The van der Waals surface area contributed by atoms with Gasteiger partial charge in [-0.1, -0.05) is 12.5 Å². The fourth-order valence-corrected chi connectivity index (χ4v) is 3.06. The number of carbonyl (C=O) groups is 2. The molecule has 1 aliphatic rings. The van der Waals surface area contributed by atoms with Gasteiger partial charge >= 0.3 is 12.0 Å². The van der Waals surface area contributed by atoms with Crippen molar-refractivity contribution in [1.29, 1.82) is 0 Å².